The van der Waals surface area contributed by atoms with Crippen LogP contribution in [-0.4, -0.2) is 55.9 Å². The summed E-state index contributed by atoms with van der Waals surface area (Å²) in [7, 11) is 1.69. The van der Waals surface area contributed by atoms with Gasteiger partial charge in [0.15, 0.2) is 0 Å². The van der Waals surface area contributed by atoms with Crippen molar-refractivity contribution in [1.29, 1.82) is 0 Å². The Bertz CT molecular complexity index is 554. The Labute approximate surface area is 156 Å². The molecule has 6 heteroatoms. The zero-order valence-corrected chi connectivity index (χ0v) is 16.7. The fraction of sp³-hybridized carbons (Fsp3) is 0.850. The lowest BCUT2D eigenvalue weighted by Gasteiger charge is -2.42. The third-order valence-corrected chi connectivity index (χ3v) is 6.01. The first-order valence-electron chi connectivity index (χ1n) is 9.78. The van der Waals surface area contributed by atoms with E-state index in [1.54, 1.807) is 7.11 Å². The fourth-order valence-electron chi connectivity index (χ4n) is 4.48. The van der Waals surface area contributed by atoms with Crippen LogP contribution in [0.1, 0.15) is 53.4 Å². The van der Waals surface area contributed by atoms with Crippen molar-refractivity contribution in [2.45, 2.75) is 82.9 Å². The second-order valence-electron chi connectivity index (χ2n) is 8.25. The van der Waals surface area contributed by atoms with Crippen molar-refractivity contribution in [3.63, 3.8) is 0 Å². The van der Waals surface area contributed by atoms with E-state index in [1.807, 2.05) is 6.92 Å². The normalized spacial score (nSPS) is 40.8. The van der Waals surface area contributed by atoms with E-state index in [2.05, 4.69) is 32.2 Å². The maximum atomic E-state index is 12.1. The molecule has 2 heterocycles. The molecule has 148 valence electrons. The van der Waals surface area contributed by atoms with E-state index in [0.29, 0.717) is 6.54 Å². The van der Waals surface area contributed by atoms with Gasteiger partial charge in [0.25, 0.3) is 0 Å². The number of epoxide rings is 2. The number of ether oxygens (including phenoxy) is 4. The molecular formula is C20H33NO5. The Morgan fingerprint density at radius 3 is 2.69 bits per heavy atom. The molecule has 2 saturated heterocycles. The van der Waals surface area contributed by atoms with Crippen molar-refractivity contribution >= 4 is 6.09 Å². The first kappa shape index (κ1) is 19.6. The molecule has 1 amide bonds. The molecule has 3 fully saturated rings. The molecule has 0 aromatic carbocycles. The minimum atomic E-state index is -0.367. The molecule has 1 spiro atoms. The number of rotatable bonds is 7. The lowest BCUT2D eigenvalue weighted by molar-refractivity contribution is -0.118. The number of nitrogens with one attached hydrogen (secondary N) is 1. The standard InChI is InChI=1S/C20H33NO5/c1-6-11-21-18(22)25-14-9-10-20(12-24-20)17(16(14)23-5)19(4)15(26-19)8-7-13(2)3/h7,14-17H,6,8-12H2,1-5H3,(H,21,22)/t14-,15-,16-,17-,19+,20+/m1/s1. The van der Waals surface area contributed by atoms with Gasteiger partial charge in [-0.1, -0.05) is 18.6 Å². The van der Waals surface area contributed by atoms with E-state index in [1.165, 1.54) is 5.57 Å². The Kier molecular flexibility index (Phi) is 5.66. The molecule has 0 aromatic rings. The lowest BCUT2D eigenvalue weighted by atomic mass is 9.68. The van der Waals surface area contributed by atoms with E-state index < -0.39 is 0 Å². The quantitative estimate of drug-likeness (QED) is 0.553. The van der Waals surface area contributed by atoms with Gasteiger partial charge in [0.2, 0.25) is 0 Å². The fourth-order valence-corrected chi connectivity index (χ4v) is 4.48. The van der Waals surface area contributed by atoms with Crippen molar-refractivity contribution in [2.75, 3.05) is 20.3 Å². The van der Waals surface area contributed by atoms with Gasteiger partial charge in [0.05, 0.1) is 18.6 Å². The first-order chi connectivity index (χ1) is 12.4. The van der Waals surface area contributed by atoms with Crippen LogP contribution in [-0.2, 0) is 18.9 Å². The molecule has 0 radical (unpaired) electrons. The molecule has 0 unspecified atom stereocenters. The number of allylic oxidation sites excluding steroid dienone is 1. The molecular weight excluding hydrogens is 334 g/mol. The maximum absolute atomic E-state index is 12.1. The van der Waals surface area contributed by atoms with Crippen LogP contribution in [0, 0.1) is 5.92 Å². The van der Waals surface area contributed by atoms with Gasteiger partial charge in [-0.15, -0.1) is 0 Å². The predicted molar refractivity (Wildman–Crippen MR) is 98.1 cm³/mol. The van der Waals surface area contributed by atoms with Crippen LogP contribution in [0.25, 0.3) is 0 Å². The van der Waals surface area contributed by atoms with E-state index in [9.17, 15) is 4.79 Å². The van der Waals surface area contributed by atoms with E-state index in [-0.39, 0.29) is 41.5 Å². The van der Waals surface area contributed by atoms with Gasteiger partial charge in [0.1, 0.15) is 23.4 Å². The van der Waals surface area contributed by atoms with Crippen molar-refractivity contribution in [2.24, 2.45) is 5.92 Å². The molecule has 1 aliphatic carbocycles. The van der Waals surface area contributed by atoms with Gasteiger partial charge < -0.3 is 24.3 Å². The minimum Gasteiger partial charge on any atom is -0.443 e. The van der Waals surface area contributed by atoms with E-state index in [0.717, 1.165) is 32.3 Å². The molecule has 6 nitrogen and oxygen atoms in total. The van der Waals surface area contributed by atoms with Crippen LogP contribution in [0.3, 0.4) is 0 Å². The van der Waals surface area contributed by atoms with Crippen LogP contribution in [0.2, 0.25) is 0 Å². The Morgan fingerprint density at radius 2 is 2.12 bits per heavy atom. The molecule has 26 heavy (non-hydrogen) atoms. The summed E-state index contributed by atoms with van der Waals surface area (Å²) in [6, 6.07) is 0. The zero-order valence-electron chi connectivity index (χ0n) is 16.7. The summed E-state index contributed by atoms with van der Waals surface area (Å²) in [5, 5.41) is 2.78. The summed E-state index contributed by atoms with van der Waals surface area (Å²) in [4.78, 5) is 12.1. The second kappa shape index (κ2) is 7.49. The molecule has 1 N–H and O–H groups in total. The number of methoxy groups -OCH3 is 1. The molecule has 0 bridgehead atoms. The number of hydrogen-bond acceptors (Lipinski definition) is 5. The molecule has 2 aliphatic heterocycles. The summed E-state index contributed by atoms with van der Waals surface area (Å²) in [5.41, 5.74) is 0.806. The Morgan fingerprint density at radius 1 is 1.38 bits per heavy atom. The minimum absolute atomic E-state index is 0.0632. The SMILES string of the molecule is CCCNC(=O)O[C@@H]1CC[C@]2(CO2)[C@@H]([C@@]2(C)O[C@@H]2CC=C(C)C)[C@@H]1OC. The van der Waals surface area contributed by atoms with Crippen molar-refractivity contribution in [1.82, 2.24) is 5.32 Å². The summed E-state index contributed by atoms with van der Waals surface area (Å²) in [6.07, 6.45) is 4.91. The molecule has 6 atom stereocenters. The van der Waals surface area contributed by atoms with E-state index in [4.69, 9.17) is 18.9 Å². The highest BCUT2D eigenvalue weighted by atomic mass is 16.6. The average Bonchev–Trinajstić information content (AvgIpc) is 3.50. The monoisotopic (exact) mass is 367 g/mol. The molecule has 0 aromatic heterocycles. The van der Waals surface area contributed by atoms with Gasteiger partial charge in [-0.05, 0) is 46.5 Å². The number of amides is 1. The topological polar surface area (TPSA) is 72.6 Å². The van der Waals surface area contributed by atoms with Crippen LogP contribution in [0.4, 0.5) is 4.79 Å². The van der Waals surface area contributed by atoms with Crippen molar-refractivity contribution in [3.8, 4) is 0 Å². The summed E-state index contributed by atoms with van der Waals surface area (Å²) in [6.45, 7) is 9.72. The smallest absolute Gasteiger partial charge is 0.407 e. The third kappa shape index (κ3) is 3.78. The number of carbonyl (C=O) groups excluding carboxylic acids is 1. The van der Waals surface area contributed by atoms with Gasteiger partial charge in [0, 0.05) is 13.7 Å². The second-order valence-corrected chi connectivity index (χ2v) is 8.25. The molecule has 1 saturated carbocycles. The van der Waals surface area contributed by atoms with Gasteiger partial charge >= 0.3 is 6.09 Å². The first-order valence-corrected chi connectivity index (χ1v) is 9.78. The summed E-state index contributed by atoms with van der Waals surface area (Å²) in [5.74, 6) is 0.0632. The van der Waals surface area contributed by atoms with Crippen LogP contribution >= 0.6 is 0 Å². The average molecular weight is 367 g/mol. The molecule has 3 aliphatic rings. The van der Waals surface area contributed by atoms with Gasteiger partial charge in [-0.3, -0.25) is 0 Å². The maximum Gasteiger partial charge on any atom is 0.407 e. The number of carbonyl (C=O) groups is 1. The van der Waals surface area contributed by atoms with Gasteiger partial charge in [-0.25, -0.2) is 4.79 Å². The van der Waals surface area contributed by atoms with Crippen molar-refractivity contribution < 1.29 is 23.7 Å². The lowest BCUT2D eigenvalue weighted by Crippen LogP contribution is -2.56. The Balaban J connectivity index is 1.72. The van der Waals surface area contributed by atoms with Crippen LogP contribution in [0.5, 0.6) is 0 Å². The largest absolute Gasteiger partial charge is 0.443 e. The Hall–Kier alpha value is -1.11. The van der Waals surface area contributed by atoms with E-state index >= 15 is 0 Å². The van der Waals surface area contributed by atoms with Crippen molar-refractivity contribution in [3.05, 3.63) is 11.6 Å². The third-order valence-electron chi connectivity index (χ3n) is 6.01. The number of hydrogen-bond donors (Lipinski definition) is 1. The van der Waals surface area contributed by atoms with Crippen LogP contribution in [0.15, 0.2) is 11.6 Å². The summed E-state index contributed by atoms with van der Waals surface area (Å²) < 4.78 is 23.6. The number of alkyl carbamates (subject to hydrolysis) is 1. The highest BCUT2D eigenvalue weighted by Gasteiger charge is 2.72. The van der Waals surface area contributed by atoms with Gasteiger partial charge in [-0.2, -0.15) is 0 Å². The van der Waals surface area contributed by atoms with Crippen LogP contribution < -0.4 is 5.32 Å². The highest BCUT2D eigenvalue weighted by molar-refractivity contribution is 5.67. The highest BCUT2D eigenvalue weighted by Crippen LogP contribution is 2.59. The molecule has 3 rings (SSSR count). The zero-order chi connectivity index (χ0) is 18.9. The predicted octanol–water partition coefficient (Wildman–Crippen LogP) is 3.20. The summed E-state index contributed by atoms with van der Waals surface area (Å²) >= 11 is 0.